The molecular formula is C20H35IN4OS. The van der Waals surface area contributed by atoms with Crippen molar-refractivity contribution in [3.8, 4) is 0 Å². The predicted molar refractivity (Wildman–Crippen MR) is 127 cm³/mol. The molecule has 2 N–H and O–H groups in total. The third-order valence-electron chi connectivity index (χ3n) is 4.45. The van der Waals surface area contributed by atoms with Crippen LogP contribution in [0.3, 0.4) is 0 Å². The van der Waals surface area contributed by atoms with Gasteiger partial charge in [-0.05, 0) is 37.8 Å². The molecule has 1 aliphatic heterocycles. The highest BCUT2D eigenvalue weighted by molar-refractivity contribution is 14.0. The molecule has 0 spiro atoms. The molecule has 7 heteroatoms. The van der Waals surface area contributed by atoms with Crippen molar-refractivity contribution in [2.75, 3.05) is 38.5 Å². The maximum Gasteiger partial charge on any atom is 0.191 e. The summed E-state index contributed by atoms with van der Waals surface area (Å²) in [6.45, 7) is 11.5. The van der Waals surface area contributed by atoms with Crippen molar-refractivity contribution < 1.29 is 4.21 Å². The van der Waals surface area contributed by atoms with E-state index >= 15 is 0 Å². The smallest absolute Gasteiger partial charge is 0.191 e. The van der Waals surface area contributed by atoms with Gasteiger partial charge in [0.25, 0.3) is 0 Å². The molecule has 5 nitrogen and oxygen atoms in total. The Kier molecular flexibility index (Phi) is 12.2. The fourth-order valence-electron chi connectivity index (χ4n) is 3.22. The van der Waals surface area contributed by atoms with Crippen LogP contribution in [0.2, 0.25) is 0 Å². The van der Waals surface area contributed by atoms with E-state index in [0.717, 1.165) is 49.2 Å². The fraction of sp³-hybridized carbons (Fsp3) is 0.650. The molecule has 27 heavy (non-hydrogen) atoms. The second-order valence-electron chi connectivity index (χ2n) is 7.24. The quantitative estimate of drug-likeness (QED) is 0.323. The molecule has 2 rings (SSSR count). The number of piperidine rings is 1. The number of guanidine groups is 1. The summed E-state index contributed by atoms with van der Waals surface area (Å²) in [5.74, 6) is 2.12. The van der Waals surface area contributed by atoms with Crippen LogP contribution in [0.25, 0.3) is 0 Å². The zero-order valence-corrected chi connectivity index (χ0v) is 20.0. The Bertz CT molecular complexity index is 575. The standard InChI is InChI=1S/C20H34N4OS.HI/c1-4-21-20(22-12-15-26(25)19-8-6-5-7-9-19)23-18-10-13-24(14-11-18)16-17(2)3;/h5-9,17-18H,4,10-16H2,1-3H3,(H2,21,22,23);1H. The number of hydrogen-bond donors (Lipinski definition) is 2. The van der Waals surface area contributed by atoms with Crippen LogP contribution in [0.1, 0.15) is 33.6 Å². The number of aliphatic imine (C=N–C) groups is 1. The summed E-state index contributed by atoms with van der Waals surface area (Å²) in [7, 11) is -0.990. The van der Waals surface area contributed by atoms with Crippen LogP contribution in [-0.4, -0.2) is 59.6 Å². The summed E-state index contributed by atoms with van der Waals surface area (Å²) in [4.78, 5) is 8.05. The molecule has 0 aliphatic carbocycles. The van der Waals surface area contributed by atoms with Gasteiger partial charge in [0.1, 0.15) is 0 Å². The molecule has 0 aromatic heterocycles. The zero-order valence-electron chi connectivity index (χ0n) is 16.8. The highest BCUT2D eigenvalue weighted by Gasteiger charge is 2.20. The van der Waals surface area contributed by atoms with Gasteiger partial charge >= 0.3 is 0 Å². The van der Waals surface area contributed by atoms with Crippen LogP contribution >= 0.6 is 24.0 Å². The molecule has 1 fully saturated rings. The average Bonchev–Trinajstić information content (AvgIpc) is 2.63. The molecule has 0 saturated carbocycles. The zero-order chi connectivity index (χ0) is 18.8. The van der Waals surface area contributed by atoms with Gasteiger partial charge in [0.15, 0.2) is 5.96 Å². The monoisotopic (exact) mass is 506 g/mol. The van der Waals surface area contributed by atoms with E-state index in [2.05, 4.69) is 41.3 Å². The van der Waals surface area contributed by atoms with E-state index in [0.29, 0.717) is 18.3 Å². The molecule has 0 amide bonds. The summed E-state index contributed by atoms with van der Waals surface area (Å²) in [5.41, 5.74) is 0. The normalized spacial score (nSPS) is 17.4. The van der Waals surface area contributed by atoms with Crippen molar-refractivity contribution in [2.24, 2.45) is 10.9 Å². The lowest BCUT2D eigenvalue weighted by Crippen LogP contribution is -2.49. The molecule has 0 bridgehead atoms. The van der Waals surface area contributed by atoms with Gasteiger partial charge in [0, 0.05) is 42.9 Å². The first kappa shape index (κ1) is 24.4. The third-order valence-corrected chi connectivity index (χ3v) is 5.80. The van der Waals surface area contributed by atoms with Crippen LogP contribution in [-0.2, 0) is 10.8 Å². The number of hydrogen-bond acceptors (Lipinski definition) is 3. The van der Waals surface area contributed by atoms with Crippen LogP contribution in [0.4, 0.5) is 0 Å². The SMILES string of the molecule is CCNC(=NCCS(=O)c1ccccc1)NC1CCN(CC(C)C)CC1.I. The molecule has 1 aliphatic rings. The highest BCUT2D eigenvalue weighted by atomic mass is 127. The molecule has 1 aromatic rings. The molecule has 1 heterocycles. The van der Waals surface area contributed by atoms with Crippen molar-refractivity contribution in [1.29, 1.82) is 0 Å². The molecule has 1 unspecified atom stereocenters. The van der Waals surface area contributed by atoms with Gasteiger partial charge in [0.05, 0.1) is 17.3 Å². The van der Waals surface area contributed by atoms with Gasteiger partial charge in [-0.3, -0.25) is 9.20 Å². The van der Waals surface area contributed by atoms with Gasteiger partial charge < -0.3 is 15.5 Å². The van der Waals surface area contributed by atoms with Crippen molar-refractivity contribution in [2.45, 2.75) is 44.6 Å². The van der Waals surface area contributed by atoms with Gasteiger partial charge in [-0.1, -0.05) is 32.0 Å². The first-order valence-corrected chi connectivity index (χ1v) is 11.1. The predicted octanol–water partition coefficient (Wildman–Crippen LogP) is 3.09. The van der Waals surface area contributed by atoms with Crippen molar-refractivity contribution in [1.82, 2.24) is 15.5 Å². The Morgan fingerprint density at radius 1 is 1.26 bits per heavy atom. The third kappa shape index (κ3) is 9.38. The molecule has 1 saturated heterocycles. The molecule has 0 radical (unpaired) electrons. The summed E-state index contributed by atoms with van der Waals surface area (Å²) in [6, 6.07) is 10.1. The molecule has 154 valence electrons. The lowest BCUT2D eigenvalue weighted by molar-refractivity contribution is 0.187. The number of nitrogens with one attached hydrogen (secondary N) is 2. The Hall–Kier alpha value is -0.670. The Morgan fingerprint density at radius 3 is 2.52 bits per heavy atom. The minimum Gasteiger partial charge on any atom is -0.357 e. The van der Waals surface area contributed by atoms with Crippen molar-refractivity contribution >= 4 is 40.7 Å². The number of rotatable bonds is 8. The van der Waals surface area contributed by atoms with Crippen LogP contribution in [0, 0.1) is 5.92 Å². The fourth-order valence-corrected chi connectivity index (χ4v) is 4.17. The van der Waals surface area contributed by atoms with E-state index in [-0.39, 0.29) is 24.0 Å². The van der Waals surface area contributed by atoms with Crippen LogP contribution in [0.5, 0.6) is 0 Å². The topological polar surface area (TPSA) is 56.7 Å². The second-order valence-corrected chi connectivity index (χ2v) is 8.81. The summed E-state index contributed by atoms with van der Waals surface area (Å²) < 4.78 is 12.3. The molecule has 1 atom stereocenters. The minimum atomic E-state index is -0.990. The first-order valence-electron chi connectivity index (χ1n) is 9.79. The Labute approximate surface area is 184 Å². The number of halogens is 1. The van der Waals surface area contributed by atoms with Crippen molar-refractivity contribution in [3.05, 3.63) is 30.3 Å². The maximum atomic E-state index is 12.3. The Balaban J connectivity index is 0.00000364. The molecular weight excluding hydrogens is 471 g/mol. The van der Waals surface area contributed by atoms with E-state index in [1.165, 1.54) is 6.54 Å². The van der Waals surface area contributed by atoms with E-state index in [9.17, 15) is 4.21 Å². The summed E-state index contributed by atoms with van der Waals surface area (Å²) >= 11 is 0. The number of likely N-dealkylation sites (tertiary alicyclic amines) is 1. The lowest BCUT2D eigenvalue weighted by atomic mass is 10.0. The Morgan fingerprint density at radius 2 is 1.93 bits per heavy atom. The van der Waals surface area contributed by atoms with E-state index in [1.807, 2.05) is 30.3 Å². The second kappa shape index (κ2) is 13.5. The summed E-state index contributed by atoms with van der Waals surface area (Å²) in [6.07, 6.45) is 2.29. The van der Waals surface area contributed by atoms with Crippen molar-refractivity contribution in [3.63, 3.8) is 0 Å². The van der Waals surface area contributed by atoms with Crippen LogP contribution in [0.15, 0.2) is 40.2 Å². The highest BCUT2D eigenvalue weighted by Crippen LogP contribution is 2.12. The maximum absolute atomic E-state index is 12.3. The van der Waals surface area contributed by atoms with Gasteiger partial charge in [-0.25, -0.2) is 0 Å². The van der Waals surface area contributed by atoms with E-state index in [1.54, 1.807) is 0 Å². The van der Waals surface area contributed by atoms with Gasteiger partial charge in [0.2, 0.25) is 0 Å². The summed E-state index contributed by atoms with van der Waals surface area (Å²) in [5, 5.41) is 6.87. The number of nitrogens with zero attached hydrogens (tertiary/aromatic N) is 2. The largest absolute Gasteiger partial charge is 0.357 e. The lowest BCUT2D eigenvalue weighted by Gasteiger charge is -2.34. The van der Waals surface area contributed by atoms with E-state index < -0.39 is 10.8 Å². The first-order chi connectivity index (χ1) is 12.6. The van der Waals surface area contributed by atoms with Gasteiger partial charge in [-0.15, -0.1) is 24.0 Å². The number of benzene rings is 1. The van der Waals surface area contributed by atoms with E-state index in [4.69, 9.17) is 0 Å². The minimum absolute atomic E-state index is 0. The van der Waals surface area contributed by atoms with Crippen LogP contribution < -0.4 is 10.6 Å². The van der Waals surface area contributed by atoms with Gasteiger partial charge in [-0.2, -0.15) is 0 Å². The molecule has 1 aromatic carbocycles. The average molecular weight is 506 g/mol.